The van der Waals surface area contributed by atoms with Crippen LogP contribution in [0.1, 0.15) is 20.3 Å². The first-order valence-corrected chi connectivity index (χ1v) is 6.13. The number of carbonyl (C=O) groups excluding carboxylic acids is 1. The number of ketones is 1. The van der Waals surface area contributed by atoms with E-state index in [1.807, 2.05) is 0 Å². The fourth-order valence-corrected chi connectivity index (χ4v) is 2.36. The van der Waals surface area contributed by atoms with Gasteiger partial charge in [-0.15, -0.1) is 0 Å². The molecule has 3 atom stereocenters. The van der Waals surface area contributed by atoms with Crippen LogP contribution in [0, 0.1) is 5.92 Å². The smallest absolute Gasteiger partial charge is 0.141 e. The number of Topliss-reactive ketones (excluding diaryl/α,β-unsaturated/α-hetero) is 1. The number of ether oxygens (including phenoxy) is 2. The van der Waals surface area contributed by atoms with E-state index in [-0.39, 0.29) is 12.0 Å². The third-order valence-electron chi connectivity index (χ3n) is 3.46. The monoisotopic (exact) mass is 227 g/mol. The van der Waals surface area contributed by atoms with Crippen molar-refractivity contribution < 1.29 is 14.3 Å². The summed E-state index contributed by atoms with van der Waals surface area (Å²) in [6.07, 6.45) is 0.856. The van der Waals surface area contributed by atoms with Gasteiger partial charge in [-0.25, -0.2) is 0 Å². The Balaban J connectivity index is 1.89. The molecule has 16 heavy (non-hydrogen) atoms. The molecule has 2 saturated heterocycles. The van der Waals surface area contributed by atoms with E-state index in [1.54, 1.807) is 0 Å². The first-order chi connectivity index (χ1) is 7.66. The third kappa shape index (κ3) is 2.81. The van der Waals surface area contributed by atoms with Gasteiger partial charge in [-0.2, -0.15) is 0 Å². The molecular formula is C12H21NO3. The Morgan fingerprint density at radius 3 is 2.94 bits per heavy atom. The highest BCUT2D eigenvalue weighted by atomic mass is 16.5. The molecule has 92 valence electrons. The lowest BCUT2D eigenvalue weighted by molar-refractivity contribution is -0.133. The van der Waals surface area contributed by atoms with Crippen LogP contribution in [0.4, 0.5) is 0 Å². The zero-order chi connectivity index (χ0) is 11.5. The van der Waals surface area contributed by atoms with Gasteiger partial charge in [-0.05, 0) is 13.8 Å². The van der Waals surface area contributed by atoms with Crippen LogP contribution in [0.2, 0.25) is 0 Å². The summed E-state index contributed by atoms with van der Waals surface area (Å²) in [4.78, 5) is 14.1. The van der Waals surface area contributed by atoms with Gasteiger partial charge in [-0.1, -0.05) is 0 Å². The Bertz CT molecular complexity index is 257. The van der Waals surface area contributed by atoms with E-state index in [9.17, 15) is 4.79 Å². The second kappa shape index (κ2) is 5.25. The van der Waals surface area contributed by atoms with Crippen LogP contribution in [-0.4, -0.2) is 55.7 Å². The van der Waals surface area contributed by atoms with Gasteiger partial charge in [0.15, 0.2) is 0 Å². The third-order valence-corrected chi connectivity index (χ3v) is 3.46. The van der Waals surface area contributed by atoms with E-state index in [4.69, 9.17) is 9.47 Å². The highest BCUT2D eigenvalue weighted by Crippen LogP contribution is 2.17. The Kier molecular flexibility index (Phi) is 3.95. The van der Waals surface area contributed by atoms with Gasteiger partial charge < -0.3 is 9.47 Å². The molecule has 0 bridgehead atoms. The Labute approximate surface area is 96.9 Å². The van der Waals surface area contributed by atoms with Gasteiger partial charge in [0.1, 0.15) is 5.78 Å². The van der Waals surface area contributed by atoms with Crippen molar-refractivity contribution in [2.45, 2.75) is 32.4 Å². The van der Waals surface area contributed by atoms with Crippen LogP contribution in [-0.2, 0) is 14.3 Å². The van der Waals surface area contributed by atoms with Crippen molar-refractivity contribution in [3.8, 4) is 0 Å². The maximum absolute atomic E-state index is 11.7. The maximum Gasteiger partial charge on any atom is 0.141 e. The lowest BCUT2D eigenvalue weighted by atomic mass is 9.99. The molecular weight excluding hydrogens is 206 g/mol. The quantitative estimate of drug-likeness (QED) is 0.696. The standard InChI is InChI=1S/C12H21NO3/c1-9-7-16-10(2)5-13(9)6-11-8-15-4-3-12(11)14/h9-11H,3-8H2,1-2H3. The number of rotatable bonds is 2. The molecule has 0 aromatic carbocycles. The van der Waals surface area contributed by atoms with Gasteiger partial charge >= 0.3 is 0 Å². The summed E-state index contributed by atoms with van der Waals surface area (Å²) in [7, 11) is 0. The SMILES string of the molecule is CC1CN(CC2COCCC2=O)C(C)CO1. The predicted octanol–water partition coefficient (Wildman–Crippen LogP) is 0.701. The van der Waals surface area contributed by atoms with Crippen molar-refractivity contribution in [2.75, 3.05) is 32.9 Å². The number of carbonyl (C=O) groups is 1. The van der Waals surface area contributed by atoms with E-state index >= 15 is 0 Å². The van der Waals surface area contributed by atoms with Gasteiger partial charge in [0.25, 0.3) is 0 Å². The highest BCUT2D eigenvalue weighted by molar-refractivity contribution is 5.82. The minimum absolute atomic E-state index is 0.0708. The summed E-state index contributed by atoms with van der Waals surface area (Å²) in [5.41, 5.74) is 0. The normalized spacial score (nSPS) is 37.6. The summed E-state index contributed by atoms with van der Waals surface area (Å²) in [5.74, 6) is 0.430. The minimum Gasteiger partial charge on any atom is -0.380 e. The Morgan fingerprint density at radius 2 is 2.19 bits per heavy atom. The van der Waals surface area contributed by atoms with E-state index in [0.29, 0.717) is 31.5 Å². The molecule has 2 rings (SSSR count). The van der Waals surface area contributed by atoms with Gasteiger partial charge in [0.2, 0.25) is 0 Å². The van der Waals surface area contributed by atoms with Crippen molar-refractivity contribution in [3.63, 3.8) is 0 Å². The lowest BCUT2D eigenvalue weighted by Gasteiger charge is -2.39. The summed E-state index contributed by atoms with van der Waals surface area (Å²) in [5, 5.41) is 0. The lowest BCUT2D eigenvalue weighted by Crippen LogP contribution is -2.51. The first kappa shape index (κ1) is 12.0. The zero-order valence-corrected chi connectivity index (χ0v) is 10.1. The molecule has 0 amide bonds. The molecule has 4 heteroatoms. The van der Waals surface area contributed by atoms with E-state index in [0.717, 1.165) is 19.7 Å². The highest BCUT2D eigenvalue weighted by Gasteiger charge is 2.30. The van der Waals surface area contributed by atoms with Crippen LogP contribution >= 0.6 is 0 Å². The molecule has 0 saturated carbocycles. The number of hydrogen-bond acceptors (Lipinski definition) is 4. The molecule has 2 aliphatic heterocycles. The summed E-state index contributed by atoms with van der Waals surface area (Å²) in [6, 6.07) is 0.408. The van der Waals surface area contributed by atoms with Crippen LogP contribution < -0.4 is 0 Å². The summed E-state index contributed by atoms with van der Waals surface area (Å²) < 4.78 is 11.0. The second-order valence-electron chi connectivity index (χ2n) is 4.94. The number of morpholine rings is 1. The fourth-order valence-electron chi connectivity index (χ4n) is 2.36. The van der Waals surface area contributed by atoms with E-state index in [2.05, 4.69) is 18.7 Å². The van der Waals surface area contributed by atoms with Crippen LogP contribution in [0.25, 0.3) is 0 Å². The van der Waals surface area contributed by atoms with Crippen LogP contribution in [0.3, 0.4) is 0 Å². The Morgan fingerprint density at radius 1 is 1.38 bits per heavy atom. The fraction of sp³-hybridized carbons (Fsp3) is 0.917. The number of hydrogen-bond donors (Lipinski definition) is 0. The summed E-state index contributed by atoms with van der Waals surface area (Å²) in [6.45, 7) is 7.95. The molecule has 0 aromatic rings. The predicted molar refractivity (Wildman–Crippen MR) is 60.4 cm³/mol. The van der Waals surface area contributed by atoms with Gasteiger partial charge in [0, 0.05) is 25.6 Å². The molecule has 0 radical (unpaired) electrons. The molecule has 0 aliphatic carbocycles. The molecule has 0 spiro atoms. The van der Waals surface area contributed by atoms with E-state index < -0.39 is 0 Å². The molecule has 4 nitrogen and oxygen atoms in total. The molecule has 2 aliphatic rings. The first-order valence-electron chi connectivity index (χ1n) is 6.13. The van der Waals surface area contributed by atoms with Crippen molar-refractivity contribution in [3.05, 3.63) is 0 Å². The van der Waals surface area contributed by atoms with Crippen molar-refractivity contribution >= 4 is 5.78 Å². The molecule has 3 unspecified atom stereocenters. The largest absolute Gasteiger partial charge is 0.380 e. The van der Waals surface area contributed by atoms with Crippen molar-refractivity contribution in [1.29, 1.82) is 0 Å². The van der Waals surface area contributed by atoms with Gasteiger partial charge in [0.05, 0.1) is 31.8 Å². The minimum atomic E-state index is 0.0708. The molecule has 2 heterocycles. The average Bonchev–Trinajstić information content (AvgIpc) is 2.27. The summed E-state index contributed by atoms with van der Waals surface area (Å²) >= 11 is 0. The van der Waals surface area contributed by atoms with Crippen LogP contribution in [0.5, 0.6) is 0 Å². The van der Waals surface area contributed by atoms with Gasteiger partial charge in [-0.3, -0.25) is 9.69 Å². The van der Waals surface area contributed by atoms with E-state index in [1.165, 1.54) is 0 Å². The maximum atomic E-state index is 11.7. The zero-order valence-electron chi connectivity index (χ0n) is 10.1. The second-order valence-corrected chi connectivity index (χ2v) is 4.94. The molecule has 0 N–H and O–H groups in total. The number of nitrogens with zero attached hydrogens (tertiary/aromatic N) is 1. The Hall–Kier alpha value is -0.450. The molecule has 2 fully saturated rings. The van der Waals surface area contributed by atoms with Crippen molar-refractivity contribution in [2.24, 2.45) is 5.92 Å². The van der Waals surface area contributed by atoms with Crippen LogP contribution in [0.15, 0.2) is 0 Å². The topological polar surface area (TPSA) is 38.8 Å². The van der Waals surface area contributed by atoms with Crippen molar-refractivity contribution in [1.82, 2.24) is 4.90 Å². The molecule has 0 aromatic heterocycles. The average molecular weight is 227 g/mol.